The van der Waals surface area contributed by atoms with Crippen LogP contribution in [0.3, 0.4) is 0 Å². The van der Waals surface area contributed by atoms with E-state index in [0.717, 1.165) is 39.3 Å². The van der Waals surface area contributed by atoms with Crippen molar-refractivity contribution in [1.29, 1.82) is 0 Å². The average Bonchev–Trinajstić information content (AvgIpc) is 2.66. The Bertz CT molecular complexity index is 307. The molecule has 148 valence electrons. The molecule has 2 aliphatic rings. The second-order valence-corrected chi connectivity index (χ2v) is 7.85. The van der Waals surface area contributed by atoms with Crippen molar-refractivity contribution in [3.05, 3.63) is 0 Å². The molecule has 0 N–H and O–H groups in total. The third kappa shape index (κ3) is 8.85. The van der Waals surface area contributed by atoms with E-state index in [2.05, 4.69) is 13.8 Å². The molecule has 25 heavy (non-hydrogen) atoms. The Labute approximate surface area is 154 Å². The maximum Gasteiger partial charge on any atom is 0.157 e. The Morgan fingerprint density at radius 3 is 1.40 bits per heavy atom. The lowest BCUT2D eigenvalue weighted by Crippen LogP contribution is -2.32. The van der Waals surface area contributed by atoms with Gasteiger partial charge in [-0.2, -0.15) is 0 Å². The van der Waals surface area contributed by atoms with Gasteiger partial charge in [-0.1, -0.05) is 46.0 Å². The van der Waals surface area contributed by atoms with Crippen molar-refractivity contribution >= 4 is 0 Å². The summed E-state index contributed by atoms with van der Waals surface area (Å²) in [4.78, 5) is 0. The summed E-state index contributed by atoms with van der Waals surface area (Å²) in [5, 5.41) is 0. The third-order valence-electron chi connectivity index (χ3n) is 5.38. The molecule has 0 aromatic rings. The van der Waals surface area contributed by atoms with Crippen LogP contribution in [-0.4, -0.2) is 39.0 Å². The molecule has 0 aromatic heterocycles. The summed E-state index contributed by atoms with van der Waals surface area (Å²) in [6, 6.07) is 0. The molecule has 0 amide bonds. The standard InChI is InChI=1S/C21H40O4/c1-3-5-7-12-20-24-16-19(17-25-20)11-8-9-13-21-22-14-18(15-23-21)10-6-4-2/h18-21H,3-17H2,1-2H3. The number of unbranched alkanes of at least 4 members (excludes halogenated alkanes) is 4. The molecule has 0 aliphatic carbocycles. The van der Waals surface area contributed by atoms with E-state index in [4.69, 9.17) is 18.9 Å². The average molecular weight is 357 g/mol. The molecule has 0 unspecified atom stereocenters. The van der Waals surface area contributed by atoms with Crippen molar-refractivity contribution in [2.75, 3.05) is 26.4 Å². The first-order chi connectivity index (χ1) is 12.3. The molecule has 2 saturated heterocycles. The first-order valence-corrected chi connectivity index (χ1v) is 10.8. The summed E-state index contributed by atoms with van der Waals surface area (Å²) in [5.41, 5.74) is 0. The molecule has 4 heteroatoms. The van der Waals surface area contributed by atoms with E-state index in [1.54, 1.807) is 0 Å². The van der Waals surface area contributed by atoms with Crippen molar-refractivity contribution in [1.82, 2.24) is 0 Å². The van der Waals surface area contributed by atoms with Gasteiger partial charge in [0, 0.05) is 11.8 Å². The first-order valence-electron chi connectivity index (χ1n) is 10.8. The van der Waals surface area contributed by atoms with Gasteiger partial charge in [-0.15, -0.1) is 0 Å². The Balaban J connectivity index is 1.44. The smallest absolute Gasteiger partial charge is 0.157 e. The lowest BCUT2D eigenvalue weighted by atomic mass is 10.0. The topological polar surface area (TPSA) is 36.9 Å². The van der Waals surface area contributed by atoms with Gasteiger partial charge in [0.05, 0.1) is 26.4 Å². The van der Waals surface area contributed by atoms with Gasteiger partial charge in [-0.25, -0.2) is 0 Å². The predicted octanol–water partition coefficient (Wildman–Crippen LogP) is 5.30. The molecule has 2 rings (SSSR count). The van der Waals surface area contributed by atoms with Crippen molar-refractivity contribution in [2.24, 2.45) is 11.8 Å². The summed E-state index contributed by atoms with van der Waals surface area (Å²) < 4.78 is 23.5. The highest BCUT2D eigenvalue weighted by Gasteiger charge is 2.23. The van der Waals surface area contributed by atoms with Gasteiger partial charge >= 0.3 is 0 Å². The molecule has 0 aromatic carbocycles. The molecule has 0 atom stereocenters. The van der Waals surface area contributed by atoms with Crippen LogP contribution < -0.4 is 0 Å². The van der Waals surface area contributed by atoms with E-state index in [1.807, 2.05) is 0 Å². The zero-order chi connectivity index (χ0) is 17.7. The van der Waals surface area contributed by atoms with Crippen molar-refractivity contribution in [3.8, 4) is 0 Å². The molecule has 4 nitrogen and oxygen atoms in total. The van der Waals surface area contributed by atoms with Crippen LogP contribution in [0.4, 0.5) is 0 Å². The monoisotopic (exact) mass is 356 g/mol. The minimum absolute atomic E-state index is 0.0275. The van der Waals surface area contributed by atoms with Crippen LogP contribution in [0.2, 0.25) is 0 Å². The third-order valence-corrected chi connectivity index (χ3v) is 5.38. The lowest BCUT2D eigenvalue weighted by molar-refractivity contribution is -0.207. The minimum atomic E-state index is 0.0275. The quantitative estimate of drug-likeness (QED) is 0.445. The Morgan fingerprint density at radius 1 is 0.520 bits per heavy atom. The summed E-state index contributed by atoms with van der Waals surface area (Å²) >= 11 is 0. The molecular formula is C21H40O4. The predicted molar refractivity (Wildman–Crippen MR) is 100 cm³/mol. The highest BCUT2D eigenvalue weighted by molar-refractivity contribution is 4.66. The molecule has 0 saturated carbocycles. The largest absolute Gasteiger partial charge is 0.352 e. The molecule has 2 aliphatic heterocycles. The van der Waals surface area contributed by atoms with Crippen LogP contribution in [0, 0.1) is 11.8 Å². The minimum Gasteiger partial charge on any atom is -0.352 e. The second kappa shape index (κ2) is 13.1. The second-order valence-electron chi connectivity index (χ2n) is 7.85. The van der Waals surface area contributed by atoms with Crippen LogP contribution in [-0.2, 0) is 18.9 Å². The Kier molecular flexibility index (Phi) is 11.1. The molecule has 0 spiro atoms. The normalized spacial score (nSPS) is 30.5. The van der Waals surface area contributed by atoms with Gasteiger partial charge in [-0.05, 0) is 38.5 Å². The summed E-state index contributed by atoms with van der Waals surface area (Å²) in [6.45, 7) is 7.97. The molecule has 2 heterocycles. The lowest BCUT2D eigenvalue weighted by Gasteiger charge is -2.30. The molecule has 2 fully saturated rings. The van der Waals surface area contributed by atoms with Gasteiger partial charge in [0.1, 0.15) is 0 Å². The van der Waals surface area contributed by atoms with Crippen LogP contribution in [0.1, 0.15) is 84.5 Å². The fourth-order valence-electron chi connectivity index (χ4n) is 3.63. The summed E-state index contributed by atoms with van der Waals surface area (Å²) in [5.74, 6) is 1.17. The molecular weight excluding hydrogens is 316 g/mol. The Hall–Kier alpha value is -0.160. The number of rotatable bonds is 12. The van der Waals surface area contributed by atoms with Crippen molar-refractivity contribution in [2.45, 2.75) is 97.1 Å². The Morgan fingerprint density at radius 2 is 0.920 bits per heavy atom. The van der Waals surface area contributed by atoms with Gasteiger partial charge < -0.3 is 18.9 Å². The maximum atomic E-state index is 5.87. The number of ether oxygens (including phenoxy) is 4. The highest BCUT2D eigenvalue weighted by atomic mass is 16.7. The van der Waals surface area contributed by atoms with E-state index < -0.39 is 0 Å². The van der Waals surface area contributed by atoms with Crippen LogP contribution in [0.25, 0.3) is 0 Å². The number of hydrogen-bond donors (Lipinski definition) is 0. The van der Waals surface area contributed by atoms with Crippen LogP contribution in [0.15, 0.2) is 0 Å². The highest BCUT2D eigenvalue weighted by Crippen LogP contribution is 2.23. The number of hydrogen-bond acceptors (Lipinski definition) is 4. The van der Waals surface area contributed by atoms with E-state index >= 15 is 0 Å². The van der Waals surface area contributed by atoms with E-state index in [-0.39, 0.29) is 12.6 Å². The zero-order valence-corrected chi connectivity index (χ0v) is 16.5. The van der Waals surface area contributed by atoms with Gasteiger partial charge in [0.15, 0.2) is 12.6 Å². The molecule has 0 radical (unpaired) electrons. The first kappa shape index (κ1) is 21.1. The van der Waals surface area contributed by atoms with E-state index in [9.17, 15) is 0 Å². The maximum absolute atomic E-state index is 5.87. The summed E-state index contributed by atoms with van der Waals surface area (Å²) in [6.07, 6.45) is 13.2. The molecule has 0 bridgehead atoms. The van der Waals surface area contributed by atoms with Crippen LogP contribution in [0.5, 0.6) is 0 Å². The van der Waals surface area contributed by atoms with Crippen molar-refractivity contribution in [3.63, 3.8) is 0 Å². The SMILES string of the molecule is CCCCCC1OCC(CCCCC2OCC(CCCC)CO2)CO1. The van der Waals surface area contributed by atoms with Gasteiger partial charge in [0.2, 0.25) is 0 Å². The van der Waals surface area contributed by atoms with Gasteiger partial charge in [0.25, 0.3) is 0 Å². The van der Waals surface area contributed by atoms with Crippen molar-refractivity contribution < 1.29 is 18.9 Å². The van der Waals surface area contributed by atoms with Crippen LogP contribution >= 0.6 is 0 Å². The van der Waals surface area contributed by atoms with Gasteiger partial charge in [-0.3, -0.25) is 0 Å². The summed E-state index contributed by atoms with van der Waals surface area (Å²) in [7, 11) is 0. The zero-order valence-electron chi connectivity index (χ0n) is 16.5. The van der Waals surface area contributed by atoms with E-state index in [1.165, 1.54) is 57.8 Å². The van der Waals surface area contributed by atoms with E-state index in [0.29, 0.717) is 11.8 Å². The fraction of sp³-hybridized carbons (Fsp3) is 1.00. The fourth-order valence-corrected chi connectivity index (χ4v) is 3.63.